The molecule has 1 N–H and O–H groups in total. The minimum atomic E-state index is -0.650. The van der Waals surface area contributed by atoms with Crippen molar-refractivity contribution in [2.45, 2.75) is 32.4 Å². The Morgan fingerprint density at radius 1 is 1.12 bits per heavy atom. The molecule has 0 fully saturated rings. The number of halogens is 1. The van der Waals surface area contributed by atoms with Crippen molar-refractivity contribution in [3.05, 3.63) is 53.1 Å². The number of benzene rings is 2. The predicted molar refractivity (Wildman–Crippen MR) is 102 cm³/mol. The molecule has 140 valence electrons. The van der Waals surface area contributed by atoms with E-state index in [2.05, 4.69) is 5.32 Å². The molecule has 0 aromatic heterocycles. The fourth-order valence-corrected chi connectivity index (χ4v) is 2.76. The van der Waals surface area contributed by atoms with E-state index in [0.717, 1.165) is 12.0 Å². The van der Waals surface area contributed by atoms with Gasteiger partial charge in [-0.15, -0.1) is 0 Å². The lowest BCUT2D eigenvalue weighted by atomic mass is 10.0. The molecule has 2 rings (SSSR count). The van der Waals surface area contributed by atoms with Crippen molar-refractivity contribution in [1.29, 1.82) is 0 Å². The van der Waals surface area contributed by atoms with Crippen molar-refractivity contribution in [1.82, 2.24) is 5.32 Å². The number of nitrogens with one attached hydrogen (secondary N) is 1. The summed E-state index contributed by atoms with van der Waals surface area (Å²) in [7, 11) is 3.17. The number of methoxy groups -OCH3 is 2. The summed E-state index contributed by atoms with van der Waals surface area (Å²) in [5, 5.41) is 3.58. The van der Waals surface area contributed by atoms with Gasteiger partial charge in [-0.2, -0.15) is 0 Å². The van der Waals surface area contributed by atoms with Crippen molar-refractivity contribution < 1.29 is 19.0 Å². The van der Waals surface area contributed by atoms with Crippen LogP contribution in [0, 0.1) is 0 Å². The van der Waals surface area contributed by atoms with Crippen molar-refractivity contribution in [2.24, 2.45) is 0 Å². The number of hydrogen-bond donors (Lipinski definition) is 1. The van der Waals surface area contributed by atoms with Gasteiger partial charge in [-0.05, 0) is 49.2 Å². The Hall–Kier alpha value is -2.40. The van der Waals surface area contributed by atoms with Crippen LogP contribution >= 0.6 is 11.6 Å². The third kappa shape index (κ3) is 5.05. The molecule has 0 radical (unpaired) electrons. The van der Waals surface area contributed by atoms with Crippen LogP contribution in [-0.2, 0) is 4.79 Å². The summed E-state index contributed by atoms with van der Waals surface area (Å²) in [6, 6.07) is 12.4. The van der Waals surface area contributed by atoms with Crippen LogP contribution in [0.4, 0.5) is 0 Å². The van der Waals surface area contributed by atoms with E-state index in [4.69, 9.17) is 25.8 Å². The number of amides is 1. The molecule has 0 aliphatic rings. The molecule has 26 heavy (non-hydrogen) atoms. The van der Waals surface area contributed by atoms with Gasteiger partial charge in [0.25, 0.3) is 5.91 Å². The Morgan fingerprint density at radius 3 is 2.46 bits per heavy atom. The van der Waals surface area contributed by atoms with Gasteiger partial charge in [0, 0.05) is 5.02 Å². The Bertz CT molecular complexity index is 750. The first kappa shape index (κ1) is 19.9. The van der Waals surface area contributed by atoms with Crippen LogP contribution in [0.25, 0.3) is 0 Å². The van der Waals surface area contributed by atoms with Gasteiger partial charge in [0.1, 0.15) is 5.75 Å². The Labute approximate surface area is 159 Å². The van der Waals surface area contributed by atoms with Crippen LogP contribution in [0.3, 0.4) is 0 Å². The highest BCUT2D eigenvalue weighted by atomic mass is 35.5. The van der Waals surface area contributed by atoms with Crippen molar-refractivity contribution in [3.63, 3.8) is 0 Å². The lowest BCUT2D eigenvalue weighted by Gasteiger charge is -2.22. The zero-order valence-electron chi connectivity index (χ0n) is 15.4. The second-order valence-corrected chi connectivity index (χ2v) is 6.24. The largest absolute Gasteiger partial charge is 0.493 e. The van der Waals surface area contributed by atoms with Gasteiger partial charge < -0.3 is 19.5 Å². The minimum Gasteiger partial charge on any atom is -0.493 e. The second kappa shape index (κ2) is 9.34. The topological polar surface area (TPSA) is 56.8 Å². The predicted octanol–water partition coefficient (Wildman–Crippen LogP) is 4.39. The number of ether oxygens (including phenoxy) is 3. The maximum absolute atomic E-state index is 12.5. The van der Waals surface area contributed by atoms with Crippen LogP contribution in [0.2, 0.25) is 5.02 Å². The maximum Gasteiger partial charge on any atom is 0.261 e. The molecule has 2 aromatic carbocycles. The third-order valence-corrected chi connectivity index (χ3v) is 4.25. The third-order valence-electron chi connectivity index (χ3n) is 4.01. The molecular formula is C20H24ClNO4. The molecule has 0 spiro atoms. The summed E-state index contributed by atoms with van der Waals surface area (Å²) in [4.78, 5) is 12.5. The fraction of sp³-hybridized carbons (Fsp3) is 0.350. The Morgan fingerprint density at radius 2 is 1.85 bits per heavy atom. The van der Waals surface area contributed by atoms with Crippen molar-refractivity contribution in [2.75, 3.05) is 14.2 Å². The molecule has 0 heterocycles. The lowest BCUT2D eigenvalue weighted by molar-refractivity contribution is -0.128. The number of carbonyl (C=O) groups is 1. The van der Waals surface area contributed by atoms with Gasteiger partial charge >= 0.3 is 0 Å². The Kier molecular flexibility index (Phi) is 7.16. The van der Waals surface area contributed by atoms with E-state index < -0.39 is 6.10 Å². The van der Waals surface area contributed by atoms with E-state index >= 15 is 0 Å². The average Bonchev–Trinajstić information content (AvgIpc) is 2.65. The zero-order valence-corrected chi connectivity index (χ0v) is 16.2. The van der Waals surface area contributed by atoms with E-state index in [1.165, 1.54) is 0 Å². The molecule has 0 unspecified atom stereocenters. The molecule has 6 heteroatoms. The first-order valence-electron chi connectivity index (χ1n) is 8.43. The first-order chi connectivity index (χ1) is 12.5. The van der Waals surface area contributed by atoms with Crippen LogP contribution in [0.1, 0.15) is 31.9 Å². The van der Waals surface area contributed by atoms with E-state index in [-0.39, 0.29) is 11.9 Å². The summed E-state index contributed by atoms with van der Waals surface area (Å²) < 4.78 is 16.3. The van der Waals surface area contributed by atoms with Crippen LogP contribution < -0.4 is 19.5 Å². The molecule has 5 nitrogen and oxygen atoms in total. The standard InChI is InChI=1S/C20H24ClNO4/c1-5-17(14-9-10-18(24-3)19(11-14)25-4)22-20(23)13(2)26-16-8-6-7-15(21)12-16/h6-13,17H,5H2,1-4H3,(H,22,23)/t13-,17-/m1/s1. The molecule has 0 saturated carbocycles. The van der Waals surface area contributed by atoms with Gasteiger partial charge in [-0.3, -0.25) is 4.79 Å². The summed E-state index contributed by atoms with van der Waals surface area (Å²) in [6.07, 6.45) is 0.0770. The summed E-state index contributed by atoms with van der Waals surface area (Å²) >= 11 is 5.95. The van der Waals surface area contributed by atoms with Gasteiger partial charge in [0.05, 0.1) is 20.3 Å². The molecule has 0 saturated heterocycles. The maximum atomic E-state index is 12.5. The van der Waals surface area contributed by atoms with Crippen molar-refractivity contribution >= 4 is 17.5 Å². The first-order valence-corrected chi connectivity index (χ1v) is 8.80. The van der Waals surface area contributed by atoms with E-state index in [0.29, 0.717) is 22.3 Å². The number of hydrogen-bond acceptors (Lipinski definition) is 4. The highest BCUT2D eigenvalue weighted by Crippen LogP contribution is 2.31. The van der Waals surface area contributed by atoms with Gasteiger partial charge in [0.2, 0.25) is 0 Å². The highest BCUT2D eigenvalue weighted by molar-refractivity contribution is 6.30. The number of rotatable bonds is 8. The number of carbonyl (C=O) groups excluding carboxylic acids is 1. The van der Waals surface area contributed by atoms with Crippen molar-refractivity contribution in [3.8, 4) is 17.2 Å². The van der Waals surface area contributed by atoms with Crippen LogP contribution in [0.15, 0.2) is 42.5 Å². The van der Waals surface area contributed by atoms with Gasteiger partial charge in [-0.25, -0.2) is 0 Å². The monoisotopic (exact) mass is 377 g/mol. The zero-order chi connectivity index (χ0) is 19.1. The summed E-state index contributed by atoms with van der Waals surface area (Å²) in [5.74, 6) is 1.63. The smallest absolute Gasteiger partial charge is 0.261 e. The Balaban J connectivity index is 2.07. The minimum absolute atomic E-state index is 0.160. The quantitative estimate of drug-likeness (QED) is 0.741. The average molecular weight is 378 g/mol. The van der Waals surface area contributed by atoms with E-state index in [1.807, 2.05) is 25.1 Å². The van der Waals surface area contributed by atoms with E-state index in [9.17, 15) is 4.79 Å². The van der Waals surface area contributed by atoms with Crippen LogP contribution in [0.5, 0.6) is 17.2 Å². The molecule has 2 atom stereocenters. The second-order valence-electron chi connectivity index (χ2n) is 5.80. The summed E-state index contributed by atoms with van der Waals surface area (Å²) in [6.45, 7) is 3.71. The SMILES string of the molecule is CC[C@@H](NC(=O)[C@@H](C)Oc1cccc(Cl)c1)c1ccc(OC)c(OC)c1. The van der Waals surface area contributed by atoms with Crippen LogP contribution in [-0.4, -0.2) is 26.2 Å². The lowest BCUT2D eigenvalue weighted by Crippen LogP contribution is -2.38. The molecule has 0 bridgehead atoms. The highest BCUT2D eigenvalue weighted by Gasteiger charge is 2.20. The van der Waals surface area contributed by atoms with Gasteiger partial charge in [0.15, 0.2) is 17.6 Å². The molecule has 0 aliphatic carbocycles. The van der Waals surface area contributed by atoms with Gasteiger partial charge in [-0.1, -0.05) is 30.7 Å². The molecule has 0 aliphatic heterocycles. The molecule has 2 aromatic rings. The molecular weight excluding hydrogens is 354 g/mol. The normalized spacial score (nSPS) is 12.8. The van der Waals surface area contributed by atoms with E-state index in [1.54, 1.807) is 45.4 Å². The molecule has 1 amide bonds. The summed E-state index contributed by atoms with van der Waals surface area (Å²) in [5.41, 5.74) is 0.938. The fourth-order valence-electron chi connectivity index (χ4n) is 2.58.